The minimum atomic E-state index is -0.0403. The van der Waals surface area contributed by atoms with Crippen LogP contribution in [-0.4, -0.2) is 10.8 Å². The van der Waals surface area contributed by atoms with Crippen molar-refractivity contribution in [1.82, 2.24) is 4.98 Å². The minimum Gasteiger partial charge on any atom is -0.294 e. The maximum Gasteiger partial charge on any atom is 0.161 e. The third-order valence-electron chi connectivity index (χ3n) is 1.54. The van der Waals surface area contributed by atoms with Gasteiger partial charge in [-0.2, -0.15) is 5.26 Å². The molecule has 0 unspecified atom stereocenters. The first-order chi connectivity index (χ1) is 6.74. The van der Waals surface area contributed by atoms with Gasteiger partial charge in [0.25, 0.3) is 0 Å². The Kier molecular flexibility index (Phi) is 3.41. The maximum absolute atomic E-state index is 11.0. The van der Waals surface area contributed by atoms with Crippen molar-refractivity contribution in [3.63, 3.8) is 0 Å². The molecule has 0 bridgehead atoms. The van der Waals surface area contributed by atoms with E-state index in [-0.39, 0.29) is 12.2 Å². The van der Waals surface area contributed by atoms with Crippen molar-refractivity contribution in [2.24, 2.45) is 0 Å². The van der Waals surface area contributed by atoms with Crippen LogP contribution < -0.4 is 0 Å². The number of hydrogen-bond donors (Lipinski definition) is 0. The Labute approximate surface area is 82.4 Å². The molecule has 0 aliphatic heterocycles. The van der Waals surface area contributed by atoms with E-state index in [0.717, 1.165) is 0 Å². The smallest absolute Gasteiger partial charge is 0.161 e. The van der Waals surface area contributed by atoms with Crippen LogP contribution in [0.3, 0.4) is 0 Å². The molecule has 0 aliphatic carbocycles. The molecule has 0 saturated carbocycles. The molecule has 0 spiro atoms. The molecule has 0 aliphatic rings. The van der Waals surface area contributed by atoms with E-state index in [1.54, 1.807) is 12.3 Å². The van der Waals surface area contributed by atoms with Crippen molar-refractivity contribution in [2.75, 3.05) is 0 Å². The van der Waals surface area contributed by atoms with E-state index in [1.165, 1.54) is 13.1 Å². The molecule has 68 valence electrons. The van der Waals surface area contributed by atoms with E-state index in [9.17, 15) is 4.79 Å². The Bertz CT molecular complexity index is 446. The summed E-state index contributed by atoms with van der Waals surface area (Å²) in [6.45, 7) is 1.48. The van der Waals surface area contributed by atoms with Gasteiger partial charge in [-0.15, -0.1) is 0 Å². The van der Waals surface area contributed by atoms with Gasteiger partial charge in [0.2, 0.25) is 0 Å². The van der Waals surface area contributed by atoms with Crippen LogP contribution in [0.25, 0.3) is 0 Å². The molecule has 0 atom stereocenters. The Balaban J connectivity index is 2.92. The first kappa shape index (κ1) is 9.95. The molecule has 1 rings (SSSR count). The average molecular weight is 184 g/mol. The highest BCUT2D eigenvalue weighted by Crippen LogP contribution is 2.01. The van der Waals surface area contributed by atoms with Crippen molar-refractivity contribution in [3.05, 3.63) is 29.6 Å². The van der Waals surface area contributed by atoms with Crippen LogP contribution >= 0.6 is 0 Å². The van der Waals surface area contributed by atoms with Gasteiger partial charge in [0.15, 0.2) is 5.78 Å². The quantitative estimate of drug-likeness (QED) is 0.491. The van der Waals surface area contributed by atoms with Gasteiger partial charge in [-0.05, 0) is 13.0 Å². The predicted molar refractivity (Wildman–Crippen MR) is 51.3 cm³/mol. The zero-order valence-electron chi connectivity index (χ0n) is 7.74. The monoisotopic (exact) mass is 184 g/mol. The van der Waals surface area contributed by atoms with E-state index in [2.05, 4.69) is 16.8 Å². The largest absolute Gasteiger partial charge is 0.294 e. The summed E-state index contributed by atoms with van der Waals surface area (Å²) in [5.41, 5.74) is 1.20. The summed E-state index contributed by atoms with van der Waals surface area (Å²) >= 11 is 0. The lowest BCUT2D eigenvalue weighted by Crippen LogP contribution is -1.93. The van der Waals surface area contributed by atoms with Crippen molar-refractivity contribution in [3.8, 4) is 17.9 Å². The highest BCUT2D eigenvalue weighted by Gasteiger charge is 1.98. The van der Waals surface area contributed by atoms with Crippen molar-refractivity contribution in [1.29, 1.82) is 5.26 Å². The standard InChI is InChI=1S/C11H8N2O/c1-9(14)11-6-10(7-13-8-11)4-2-3-5-12/h6-8H,3H2,1H3. The van der Waals surface area contributed by atoms with Gasteiger partial charge >= 0.3 is 0 Å². The molecule has 14 heavy (non-hydrogen) atoms. The van der Waals surface area contributed by atoms with Crippen LogP contribution in [0.2, 0.25) is 0 Å². The number of nitrogens with zero attached hydrogens (tertiary/aromatic N) is 2. The molecule has 0 radical (unpaired) electrons. The topological polar surface area (TPSA) is 53.8 Å². The second-order valence-electron chi connectivity index (χ2n) is 2.66. The normalized spacial score (nSPS) is 8.29. The second kappa shape index (κ2) is 4.79. The van der Waals surface area contributed by atoms with Crippen LogP contribution in [0.5, 0.6) is 0 Å². The Morgan fingerprint density at radius 1 is 1.57 bits per heavy atom. The van der Waals surface area contributed by atoms with Crippen LogP contribution in [0, 0.1) is 23.2 Å². The van der Waals surface area contributed by atoms with Crippen LogP contribution in [0.1, 0.15) is 29.3 Å². The average Bonchev–Trinajstić information content (AvgIpc) is 2.19. The Morgan fingerprint density at radius 3 is 3.00 bits per heavy atom. The first-order valence-corrected chi connectivity index (χ1v) is 4.06. The molecule has 0 fully saturated rings. The molecule has 1 aromatic rings. The fraction of sp³-hybridized carbons (Fsp3) is 0.182. The van der Waals surface area contributed by atoms with Crippen molar-refractivity contribution >= 4 is 5.78 Å². The number of ketones is 1. The van der Waals surface area contributed by atoms with E-state index in [0.29, 0.717) is 11.1 Å². The third kappa shape index (κ3) is 2.73. The second-order valence-corrected chi connectivity index (χ2v) is 2.66. The van der Waals surface area contributed by atoms with Gasteiger partial charge in [-0.1, -0.05) is 11.8 Å². The lowest BCUT2D eigenvalue weighted by Gasteiger charge is -1.94. The first-order valence-electron chi connectivity index (χ1n) is 4.06. The summed E-state index contributed by atoms with van der Waals surface area (Å²) in [7, 11) is 0. The maximum atomic E-state index is 11.0. The summed E-state index contributed by atoms with van der Waals surface area (Å²) in [5.74, 6) is 5.37. The van der Waals surface area contributed by atoms with Crippen molar-refractivity contribution in [2.45, 2.75) is 13.3 Å². The van der Waals surface area contributed by atoms with E-state index >= 15 is 0 Å². The fourth-order valence-corrected chi connectivity index (χ4v) is 0.887. The van der Waals surface area contributed by atoms with Gasteiger partial charge in [-0.3, -0.25) is 9.78 Å². The number of nitriles is 1. The molecule has 0 amide bonds. The predicted octanol–water partition coefficient (Wildman–Crippen LogP) is 1.55. The molecular weight excluding hydrogens is 176 g/mol. The summed E-state index contributed by atoms with van der Waals surface area (Å²) < 4.78 is 0. The van der Waals surface area contributed by atoms with Gasteiger partial charge in [0.05, 0.1) is 12.5 Å². The molecule has 1 heterocycles. The zero-order valence-corrected chi connectivity index (χ0v) is 7.74. The van der Waals surface area contributed by atoms with Gasteiger partial charge in [-0.25, -0.2) is 0 Å². The van der Waals surface area contributed by atoms with Crippen LogP contribution in [-0.2, 0) is 0 Å². The number of pyridine rings is 1. The summed E-state index contributed by atoms with van der Waals surface area (Å²) in [4.78, 5) is 14.9. The number of Topliss-reactive ketones (excluding diaryl/α,β-unsaturated/α-hetero) is 1. The third-order valence-corrected chi connectivity index (χ3v) is 1.54. The zero-order chi connectivity index (χ0) is 10.4. The Morgan fingerprint density at radius 2 is 2.36 bits per heavy atom. The van der Waals surface area contributed by atoms with E-state index < -0.39 is 0 Å². The highest BCUT2D eigenvalue weighted by atomic mass is 16.1. The molecule has 3 nitrogen and oxygen atoms in total. The summed E-state index contributed by atoms with van der Waals surface area (Å²) in [6, 6.07) is 3.58. The summed E-state index contributed by atoms with van der Waals surface area (Å²) in [6.07, 6.45) is 3.25. The highest BCUT2D eigenvalue weighted by molar-refractivity contribution is 5.93. The lowest BCUT2D eigenvalue weighted by molar-refractivity contribution is 0.101. The fourth-order valence-electron chi connectivity index (χ4n) is 0.887. The molecule has 0 aromatic carbocycles. The molecule has 1 aromatic heterocycles. The minimum absolute atomic E-state index is 0.0403. The lowest BCUT2D eigenvalue weighted by atomic mass is 10.1. The van der Waals surface area contributed by atoms with Crippen LogP contribution in [0.4, 0.5) is 0 Å². The number of rotatable bonds is 1. The van der Waals surface area contributed by atoms with Crippen LogP contribution in [0.15, 0.2) is 18.5 Å². The van der Waals surface area contributed by atoms with Crippen molar-refractivity contribution < 1.29 is 4.79 Å². The summed E-state index contributed by atoms with van der Waals surface area (Å²) in [5, 5.41) is 8.26. The Hall–Kier alpha value is -2.13. The molecule has 0 N–H and O–H groups in total. The number of carbonyl (C=O) groups is 1. The van der Waals surface area contributed by atoms with E-state index in [4.69, 9.17) is 5.26 Å². The molecule has 3 heteroatoms. The van der Waals surface area contributed by atoms with Gasteiger partial charge < -0.3 is 0 Å². The van der Waals surface area contributed by atoms with Gasteiger partial charge in [0, 0.05) is 23.5 Å². The number of carbonyl (C=O) groups excluding carboxylic acids is 1. The molecular formula is C11H8N2O. The van der Waals surface area contributed by atoms with Gasteiger partial charge in [0.1, 0.15) is 0 Å². The number of hydrogen-bond acceptors (Lipinski definition) is 3. The molecule has 0 saturated heterocycles. The van der Waals surface area contributed by atoms with E-state index in [1.807, 2.05) is 6.07 Å². The number of aromatic nitrogens is 1. The SMILES string of the molecule is CC(=O)c1cncc(C#CCC#N)c1.